The second-order valence-electron chi connectivity index (χ2n) is 8.89. The molecule has 0 bridgehead atoms. The molecule has 0 fully saturated rings. The molecule has 14 nitrogen and oxygen atoms in total. The van der Waals surface area contributed by atoms with Crippen LogP contribution >= 0.6 is 0 Å². The average Bonchev–Trinajstić information content (AvgIpc) is 2.98. The summed E-state index contributed by atoms with van der Waals surface area (Å²) in [5.74, 6) is -3.68. The van der Waals surface area contributed by atoms with Gasteiger partial charge in [0.05, 0.1) is 22.3 Å². The molecule has 0 aromatic heterocycles. The van der Waals surface area contributed by atoms with Gasteiger partial charge in [-0.2, -0.15) is 0 Å². The summed E-state index contributed by atoms with van der Waals surface area (Å²) in [6, 6.07) is 24.2. The van der Waals surface area contributed by atoms with E-state index in [9.17, 15) is 28.8 Å². The summed E-state index contributed by atoms with van der Waals surface area (Å²) in [5, 5.41) is 40.2. The number of rotatable bonds is 6. The molecule has 240 valence electrons. The summed E-state index contributed by atoms with van der Waals surface area (Å²) in [7, 11) is 0. The predicted octanol–water partition coefficient (Wildman–Crippen LogP) is 3.67. The lowest BCUT2D eigenvalue weighted by molar-refractivity contribution is -0.115. The van der Waals surface area contributed by atoms with E-state index in [1.165, 1.54) is 62.4 Å². The fourth-order valence-electron chi connectivity index (χ4n) is 3.16. The highest BCUT2D eigenvalue weighted by Crippen LogP contribution is 2.15. The fourth-order valence-corrected chi connectivity index (χ4v) is 3.16. The first-order chi connectivity index (χ1) is 21.6. The highest BCUT2D eigenvalue weighted by molar-refractivity contribution is 5.96. The Morgan fingerprint density at radius 3 is 0.978 bits per heavy atom. The highest BCUT2D eigenvalue weighted by atomic mass is 16.4. The topological polar surface area (TPSA) is 259 Å². The maximum atomic E-state index is 10.6. The number of carbonyl (C=O) groups is 6. The number of hydrogen-bond acceptors (Lipinski definition) is 8. The molecule has 4 rings (SSSR count). The molecule has 4 aromatic carbocycles. The van der Waals surface area contributed by atoms with Crippen LogP contribution in [0.25, 0.3) is 0 Å². The van der Waals surface area contributed by atoms with Crippen molar-refractivity contribution in [1.82, 2.24) is 0 Å². The van der Waals surface area contributed by atoms with Crippen LogP contribution in [-0.4, -0.2) is 56.0 Å². The monoisotopic (exact) mass is 632 g/mol. The Kier molecular flexibility index (Phi) is 15.2. The van der Waals surface area contributed by atoms with Crippen LogP contribution in [0.3, 0.4) is 0 Å². The van der Waals surface area contributed by atoms with E-state index in [4.69, 9.17) is 31.9 Å². The van der Waals surface area contributed by atoms with Gasteiger partial charge in [-0.1, -0.05) is 24.3 Å². The van der Waals surface area contributed by atoms with Crippen LogP contribution in [-0.2, 0) is 9.59 Å². The quantitative estimate of drug-likeness (QED) is 0.153. The maximum Gasteiger partial charge on any atom is 0.335 e. The predicted molar refractivity (Wildman–Crippen MR) is 169 cm³/mol. The van der Waals surface area contributed by atoms with Gasteiger partial charge in [0.25, 0.3) is 11.8 Å². The van der Waals surface area contributed by atoms with Crippen molar-refractivity contribution in [2.24, 2.45) is 11.5 Å². The van der Waals surface area contributed by atoms with Crippen molar-refractivity contribution in [3.8, 4) is 11.5 Å². The molecule has 0 unspecified atom stereocenters. The van der Waals surface area contributed by atoms with Crippen molar-refractivity contribution in [2.45, 2.75) is 13.8 Å². The Balaban J connectivity index is 0.000000309. The first kappa shape index (κ1) is 37.3. The second-order valence-corrected chi connectivity index (χ2v) is 8.89. The number of anilines is 2. The minimum Gasteiger partial charge on any atom is -0.507 e. The number of carbonyl (C=O) groups excluding carboxylic acids is 4. The van der Waals surface area contributed by atoms with Gasteiger partial charge >= 0.3 is 11.9 Å². The Morgan fingerprint density at radius 2 is 0.783 bits per heavy atom. The molecule has 0 radical (unpaired) electrons. The highest BCUT2D eigenvalue weighted by Gasteiger charge is 2.05. The number of primary amides is 2. The second kappa shape index (κ2) is 18.8. The largest absolute Gasteiger partial charge is 0.507 e. The van der Waals surface area contributed by atoms with Gasteiger partial charge in [0.1, 0.15) is 11.5 Å². The van der Waals surface area contributed by atoms with Crippen molar-refractivity contribution in [3.05, 3.63) is 119 Å². The third-order valence-corrected chi connectivity index (χ3v) is 5.24. The van der Waals surface area contributed by atoms with Gasteiger partial charge in [-0.05, 0) is 72.8 Å². The summed E-state index contributed by atoms with van der Waals surface area (Å²) in [4.78, 5) is 63.1. The molecule has 0 heterocycles. The lowest BCUT2D eigenvalue weighted by Gasteiger charge is -2.01. The lowest BCUT2D eigenvalue weighted by atomic mass is 10.2. The summed E-state index contributed by atoms with van der Waals surface area (Å²) >= 11 is 0. The molecule has 0 aliphatic heterocycles. The normalized spacial score (nSPS) is 9.26. The van der Waals surface area contributed by atoms with E-state index in [0.29, 0.717) is 11.4 Å². The zero-order valence-electron chi connectivity index (χ0n) is 24.6. The number of nitrogens with two attached hydrogens (primary N) is 2. The molecule has 0 aliphatic rings. The SMILES string of the molecule is CC(=O)Nc1ccc(C(=O)O)cc1.CC(=O)Nc1ccc(C(=O)O)cc1.NC(=O)c1ccccc1O.NC(=O)c1ccccc1O. The number of aromatic hydroxyl groups is 2. The Morgan fingerprint density at radius 1 is 0.500 bits per heavy atom. The number of hydrogen-bond donors (Lipinski definition) is 8. The number of carboxylic acids is 2. The Hall–Kier alpha value is -6.70. The van der Waals surface area contributed by atoms with E-state index in [0.717, 1.165) is 0 Å². The molecule has 46 heavy (non-hydrogen) atoms. The van der Waals surface area contributed by atoms with Crippen LogP contribution in [0.2, 0.25) is 0 Å². The standard InChI is InChI=1S/2C9H9NO3.2C7H7NO2/c2*1-6(11)10-8-4-2-7(3-5-8)9(12)13;2*8-7(10)5-3-1-2-4-6(5)9/h2*2-5H,1H3,(H,10,11)(H,12,13);2*1-4,9H,(H2,8,10). The first-order valence-corrected chi connectivity index (χ1v) is 13.0. The average molecular weight is 633 g/mol. The molecule has 0 saturated carbocycles. The summed E-state index contributed by atoms with van der Waals surface area (Å²) in [6.45, 7) is 2.79. The van der Waals surface area contributed by atoms with Crippen LogP contribution in [0.4, 0.5) is 11.4 Å². The first-order valence-electron chi connectivity index (χ1n) is 13.0. The summed E-state index contributed by atoms with van der Waals surface area (Å²) in [5.41, 5.74) is 11.7. The number of para-hydroxylation sites is 2. The molecule has 14 heteroatoms. The van der Waals surface area contributed by atoms with Gasteiger partial charge in [-0.25, -0.2) is 9.59 Å². The van der Waals surface area contributed by atoms with Crippen molar-refractivity contribution in [2.75, 3.05) is 10.6 Å². The van der Waals surface area contributed by atoms with Gasteiger partial charge in [-0.3, -0.25) is 19.2 Å². The van der Waals surface area contributed by atoms with Crippen LogP contribution in [0.15, 0.2) is 97.1 Å². The van der Waals surface area contributed by atoms with Crippen LogP contribution in [0.1, 0.15) is 55.3 Å². The molecule has 0 spiro atoms. The number of carboxylic acid groups (broad SMARTS) is 2. The van der Waals surface area contributed by atoms with E-state index >= 15 is 0 Å². The number of phenols is 2. The number of amides is 4. The fraction of sp³-hybridized carbons (Fsp3) is 0.0625. The molecule has 4 aromatic rings. The van der Waals surface area contributed by atoms with E-state index in [-0.39, 0.29) is 45.6 Å². The Bertz CT molecular complexity index is 1550. The maximum absolute atomic E-state index is 10.6. The Labute approximate surface area is 262 Å². The summed E-state index contributed by atoms with van der Waals surface area (Å²) < 4.78 is 0. The van der Waals surface area contributed by atoms with Gasteiger partial charge in [0.15, 0.2) is 0 Å². The van der Waals surface area contributed by atoms with Crippen LogP contribution in [0, 0.1) is 0 Å². The zero-order chi connectivity index (χ0) is 34.8. The third-order valence-electron chi connectivity index (χ3n) is 5.24. The number of benzene rings is 4. The third kappa shape index (κ3) is 14.0. The molecule has 4 amide bonds. The van der Waals surface area contributed by atoms with Crippen LogP contribution in [0.5, 0.6) is 11.5 Å². The van der Waals surface area contributed by atoms with Crippen LogP contribution < -0.4 is 22.1 Å². The number of nitrogens with one attached hydrogen (secondary N) is 2. The van der Waals surface area contributed by atoms with Crippen molar-refractivity contribution < 1.29 is 49.2 Å². The lowest BCUT2D eigenvalue weighted by Crippen LogP contribution is -2.10. The van der Waals surface area contributed by atoms with Crippen molar-refractivity contribution in [3.63, 3.8) is 0 Å². The molecule has 0 atom stereocenters. The smallest absolute Gasteiger partial charge is 0.335 e. The number of aromatic carboxylic acids is 2. The van der Waals surface area contributed by atoms with E-state index in [1.807, 2.05) is 0 Å². The zero-order valence-corrected chi connectivity index (χ0v) is 24.6. The molecular weight excluding hydrogens is 600 g/mol. The van der Waals surface area contributed by atoms with Crippen molar-refractivity contribution in [1.29, 1.82) is 0 Å². The van der Waals surface area contributed by atoms with Gasteiger partial charge in [0, 0.05) is 25.2 Å². The molecular formula is C32H32N4O10. The minimum atomic E-state index is -0.977. The van der Waals surface area contributed by atoms with Gasteiger partial charge in [0.2, 0.25) is 11.8 Å². The molecule has 10 N–H and O–H groups in total. The van der Waals surface area contributed by atoms with Gasteiger partial charge in [-0.15, -0.1) is 0 Å². The van der Waals surface area contributed by atoms with Gasteiger partial charge < -0.3 is 42.5 Å². The minimum absolute atomic E-state index is 0.0741. The summed E-state index contributed by atoms with van der Waals surface area (Å²) in [6.07, 6.45) is 0. The molecule has 0 saturated heterocycles. The van der Waals surface area contributed by atoms with E-state index in [2.05, 4.69) is 10.6 Å². The van der Waals surface area contributed by atoms with E-state index in [1.54, 1.807) is 48.5 Å². The van der Waals surface area contributed by atoms with E-state index < -0.39 is 23.8 Å². The molecule has 0 aliphatic carbocycles. The van der Waals surface area contributed by atoms with Crippen molar-refractivity contribution >= 4 is 46.9 Å².